The monoisotopic (exact) mass is 202 g/mol. The predicted molar refractivity (Wildman–Crippen MR) is 55.5 cm³/mol. The molecule has 1 atom stereocenters. The lowest BCUT2D eigenvalue weighted by Crippen LogP contribution is -2.34. The fourth-order valence-corrected chi connectivity index (χ4v) is 1.05. The first kappa shape index (κ1) is 12.4. The summed E-state index contributed by atoms with van der Waals surface area (Å²) in [6.45, 7) is 9.38. The largest absolute Gasteiger partial charge is 0.459 e. The van der Waals surface area contributed by atoms with E-state index in [0.717, 1.165) is 6.42 Å². The van der Waals surface area contributed by atoms with E-state index in [1.807, 2.05) is 13.8 Å². The maximum Gasteiger partial charge on any atom is 0.333 e. The van der Waals surface area contributed by atoms with Gasteiger partial charge in [-0.3, -0.25) is 0 Å². The molecule has 0 N–H and O–H groups in total. The molecule has 0 aromatic rings. The van der Waals surface area contributed by atoms with Crippen LogP contribution in [0.4, 0.5) is 0 Å². The van der Waals surface area contributed by atoms with Crippen molar-refractivity contribution in [1.82, 2.24) is 0 Å². The lowest BCUT2D eigenvalue weighted by molar-refractivity contribution is -0.144. The van der Waals surface area contributed by atoms with Crippen LogP contribution >= 0.6 is 0 Å². The van der Waals surface area contributed by atoms with Gasteiger partial charge in [0.1, 0.15) is 17.1 Å². The van der Waals surface area contributed by atoms with E-state index < -0.39 is 0 Å². The highest BCUT2D eigenvalue weighted by atomic mass is 28.2. The van der Waals surface area contributed by atoms with E-state index in [-0.39, 0.29) is 11.6 Å². The molecule has 0 aliphatic carbocycles. The van der Waals surface area contributed by atoms with Gasteiger partial charge in [0.05, 0.1) is 5.60 Å². The molecule has 0 rings (SSSR count). The predicted octanol–water partition coefficient (Wildman–Crippen LogP) is 0.571. The van der Waals surface area contributed by atoms with Gasteiger partial charge in [0, 0.05) is 5.57 Å². The fourth-order valence-electron chi connectivity index (χ4n) is 0.647. The molecule has 3 nitrogen and oxygen atoms in total. The third-order valence-corrected chi connectivity index (χ3v) is 3.08. The highest BCUT2D eigenvalue weighted by Crippen LogP contribution is 2.14. The Kier molecular flexibility index (Phi) is 4.94. The number of hydrogen-bond acceptors (Lipinski definition) is 3. The molecule has 0 heterocycles. The van der Waals surface area contributed by atoms with Crippen molar-refractivity contribution in [1.29, 1.82) is 0 Å². The lowest BCUT2D eigenvalue weighted by atomic mass is 10.1. The molecule has 0 saturated heterocycles. The number of esters is 1. The van der Waals surface area contributed by atoms with Crippen LogP contribution in [0.1, 0.15) is 27.2 Å². The first-order valence-electron chi connectivity index (χ1n) is 4.33. The minimum Gasteiger partial charge on any atom is -0.459 e. The van der Waals surface area contributed by atoms with Gasteiger partial charge in [-0.05, 0) is 20.3 Å². The minimum absolute atomic E-state index is 0.304. The van der Waals surface area contributed by atoms with Crippen molar-refractivity contribution >= 4 is 16.5 Å². The maximum absolute atomic E-state index is 11.1. The molecule has 0 aromatic heterocycles. The molecule has 0 aliphatic heterocycles. The van der Waals surface area contributed by atoms with Crippen LogP contribution in [0.5, 0.6) is 0 Å². The van der Waals surface area contributed by atoms with Crippen molar-refractivity contribution < 1.29 is 14.0 Å². The summed E-state index contributed by atoms with van der Waals surface area (Å²) < 4.78 is 10.4. The van der Waals surface area contributed by atoms with E-state index in [0.29, 0.717) is 22.7 Å². The Labute approximate surface area is 82.7 Å². The lowest BCUT2D eigenvalue weighted by Gasteiger charge is -2.26. The molecule has 0 bridgehead atoms. The molecular formula is C9H18O3Si. The fraction of sp³-hybridized carbons (Fsp3) is 0.667. The normalized spacial score (nSPS) is 15.0. The van der Waals surface area contributed by atoms with E-state index in [2.05, 4.69) is 6.58 Å². The third kappa shape index (κ3) is 4.24. The minimum atomic E-state index is -0.349. The Balaban J connectivity index is 4.00. The summed E-state index contributed by atoms with van der Waals surface area (Å²) in [6.07, 6.45) is 0.833. The van der Waals surface area contributed by atoms with E-state index in [9.17, 15) is 4.79 Å². The number of rotatable bonds is 5. The van der Waals surface area contributed by atoms with E-state index in [1.54, 1.807) is 6.92 Å². The Morgan fingerprint density at radius 1 is 1.62 bits per heavy atom. The highest BCUT2D eigenvalue weighted by Gasteiger charge is 2.22. The average Bonchev–Trinajstić information content (AvgIpc) is 2.13. The van der Waals surface area contributed by atoms with Gasteiger partial charge in [0.15, 0.2) is 0 Å². The van der Waals surface area contributed by atoms with Gasteiger partial charge >= 0.3 is 5.97 Å². The SMILES string of the molecule is C=C(C)C(=O)OCC(C)(CC)O[SiH3]. The number of carbonyl (C=O) groups excluding carboxylic acids is 1. The summed E-state index contributed by atoms with van der Waals surface area (Å²) in [7, 11) is 0.649. The van der Waals surface area contributed by atoms with Crippen LogP contribution in [0.25, 0.3) is 0 Å². The van der Waals surface area contributed by atoms with Crippen LogP contribution in [0, 0.1) is 0 Å². The summed E-state index contributed by atoms with van der Waals surface area (Å²) in [6, 6.07) is 0. The molecule has 0 saturated carbocycles. The van der Waals surface area contributed by atoms with Crippen molar-refractivity contribution in [2.24, 2.45) is 0 Å². The molecule has 0 spiro atoms. The van der Waals surface area contributed by atoms with Crippen molar-refractivity contribution in [2.75, 3.05) is 6.61 Å². The first-order valence-corrected chi connectivity index (χ1v) is 5.14. The summed E-state index contributed by atoms with van der Waals surface area (Å²) in [5.74, 6) is -0.349. The second-order valence-electron chi connectivity index (χ2n) is 3.36. The first-order chi connectivity index (χ1) is 5.95. The molecule has 76 valence electrons. The van der Waals surface area contributed by atoms with Gasteiger partial charge in [-0.25, -0.2) is 4.79 Å². The summed E-state index contributed by atoms with van der Waals surface area (Å²) in [4.78, 5) is 11.1. The summed E-state index contributed by atoms with van der Waals surface area (Å²) in [5.41, 5.74) is 0.101. The standard InChI is InChI=1S/C9H18O3Si/c1-5-9(4,12-13)6-11-8(10)7(2)3/h2,5-6H2,1,3-4,13H3. The van der Waals surface area contributed by atoms with Crippen molar-refractivity contribution in [2.45, 2.75) is 32.8 Å². The molecule has 4 heteroatoms. The molecule has 0 radical (unpaired) electrons. The number of carbonyl (C=O) groups is 1. The van der Waals surface area contributed by atoms with Crippen molar-refractivity contribution in [3.63, 3.8) is 0 Å². The molecule has 0 fully saturated rings. The highest BCUT2D eigenvalue weighted by molar-refractivity contribution is 5.98. The number of ether oxygens (including phenoxy) is 1. The van der Waals surface area contributed by atoms with E-state index in [4.69, 9.17) is 9.16 Å². The zero-order valence-electron chi connectivity index (χ0n) is 8.85. The van der Waals surface area contributed by atoms with Gasteiger partial charge in [-0.1, -0.05) is 13.5 Å². The van der Waals surface area contributed by atoms with Crippen LogP contribution in [0.2, 0.25) is 0 Å². The van der Waals surface area contributed by atoms with Gasteiger partial charge in [0.2, 0.25) is 0 Å². The van der Waals surface area contributed by atoms with E-state index >= 15 is 0 Å². The topological polar surface area (TPSA) is 35.5 Å². The molecule has 0 amide bonds. The van der Waals surface area contributed by atoms with E-state index in [1.165, 1.54) is 0 Å². The summed E-state index contributed by atoms with van der Waals surface area (Å²) >= 11 is 0. The van der Waals surface area contributed by atoms with Gasteiger partial charge < -0.3 is 9.16 Å². The average molecular weight is 202 g/mol. The van der Waals surface area contributed by atoms with Crippen molar-refractivity contribution in [3.05, 3.63) is 12.2 Å². The maximum atomic E-state index is 11.1. The Bertz CT molecular complexity index is 197. The van der Waals surface area contributed by atoms with Crippen LogP contribution in [0.3, 0.4) is 0 Å². The quantitative estimate of drug-likeness (QED) is 0.371. The van der Waals surface area contributed by atoms with Gasteiger partial charge in [0.25, 0.3) is 0 Å². The molecular weight excluding hydrogens is 184 g/mol. The Hall–Kier alpha value is -0.613. The van der Waals surface area contributed by atoms with Crippen LogP contribution in [-0.2, 0) is 14.0 Å². The van der Waals surface area contributed by atoms with Gasteiger partial charge in [-0.15, -0.1) is 0 Å². The molecule has 1 unspecified atom stereocenters. The molecule has 0 aliphatic rings. The van der Waals surface area contributed by atoms with Crippen LogP contribution < -0.4 is 0 Å². The van der Waals surface area contributed by atoms with Crippen LogP contribution in [-0.4, -0.2) is 28.7 Å². The molecule has 0 aromatic carbocycles. The number of hydrogen-bond donors (Lipinski definition) is 0. The van der Waals surface area contributed by atoms with Gasteiger partial charge in [-0.2, -0.15) is 0 Å². The molecule has 13 heavy (non-hydrogen) atoms. The zero-order chi connectivity index (χ0) is 10.5. The smallest absolute Gasteiger partial charge is 0.333 e. The van der Waals surface area contributed by atoms with Crippen LogP contribution in [0.15, 0.2) is 12.2 Å². The third-order valence-electron chi connectivity index (χ3n) is 2.10. The second kappa shape index (κ2) is 5.19. The summed E-state index contributed by atoms with van der Waals surface area (Å²) in [5, 5.41) is 0. The Morgan fingerprint density at radius 3 is 2.46 bits per heavy atom. The second-order valence-corrected chi connectivity index (χ2v) is 3.77. The zero-order valence-corrected chi connectivity index (χ0v) is 10.8. The Morgan fingerprint density at radius 2 is 2.15 bits per heavy atom. The van der Waals surface area contributed by atoms with Crippen molar-refractivity contribution in [3.8, 4) is 0 Å².